The molecule has 4 aliphatic rings. The minimum absolute atomic E-state index is 0.00866. The van der Waals surface area contributed by atoms with Crippen LogP contribution in [0.1, 0.15) is 59.3 Å². The zero-order chi connectivity index (χ0) is 20.8. The third-order valence-electron chi connectivity index (χ3n) is 7.06. The first-order chi connectivity index (χ1) is 13.7. The molecule has 0 aromatic heterocycles. The van der Waals surface area contributed by atoms with Gasteiger partial charge in [-0.2, -0.15) is 0 Å². The summed E-state index contributed by atoms with van der Waals surface area (Å²) >= 11 is -2.97. The van der Waals surface area contributed by atoms with E-state index >= 15 is 0 Å². The van der Waals surface area contributed by atoms with Gasteiger partial charge < -0.3 is 0 Å². The molecule has 4 saturated carbocycles. The molecule has 2 unspecified atom stereocenters. The molecule has 0 spiro atoms. The Hall–Kier alpha value is -1.44. The molecule has 0 aliphatic heterocycles. The molecule has 0 radical (unpaired) electrons. The van der Waals surface area contributed by atoms with Crippen LogP contribution >= 0.6 is 20.6 Å². The van der Waals surface area contributed by atoms with Crippen LogP contribution in [0.3, 0.4) is 0 Å². The Kier molecular flexibility index (Phi) is 5.51. The maximum absolute atomic E-state index is 13.4. The number of hydrogen-bond donors (Lipinski definition) is 0. The average molecular weight is 512 g/mol. The molecule has 4 bridgehead atoms. The van der Waals surface area contributed by atoms with Crippen molar-refractivity contribution in [3.05, 3.63) is 33.9 Å². The molecule has 158 valence electrons. The fourth-order valence-electron chi connectivity index (χ4n) is 5.08. The van der Waals surface area contributed by atoms with E-state index in [1.807, 2.05) is 51.1 Å². The van der Waals surface area contributed by atoms with Crippen molar-refractivity contribution < 1.29 is 20.5 Å². The van der Waals surface area contributed by atoms with Gasteiger partial charge in [0.1, 0.15) is 0 Å². The van der Waals surface area contributed by atoms with Gasteiger partial charge in [-0.15, -0.1) is 0 Å². The van der Waals surface area contributed by atoms with Crippen LogP contribution in [-0.2, 0) is 20.5 Å². The molecule has 5 rings (SSSR count). The zero-order valence-electron chi connectivity index (χ0n) is 17.3. The van der Waals surface area contributed by atoms with Crippen LogP contribution in [0, 0.1) is 32.2 Å². The topological polar surface area (TPSA) is 69.7 Å². The Morgan fingerprint density at radius 2 is 1.69 bits per heavy atom. The SMILES string of the molecule is CCC(C)(C)C(=O)OI(OC(=O)C12CC3CC(C1)C(=O)C(C3)C2)c1ccccc1. The van der Waals surface area contributed by atoms with E-state index in [1.54, 1.807) is 0 Å². The molecule has 0 N–H and O–H groups in total. The Morgan fingerprint density at radius 1 is 1.07 bits per heavy atom. The summed E-state index contributed by atoms with van der Waals surface area (Å²) in [5.74, 6) is 0.240. The Bertz CT molecular complexity index is 800. The van der Waals surface area contributed by atoms with Crippen LogP contribution in [0.25, 0.3) is 0 Å². The number of carbonyl (C=O) groups excluding carboxylic acids is 3. The standard InChI is InChI=1S/C23H29IO5/c1-4-22(2,3)20(26)28-24(18-8-6-5-7-9-18)29-21(27)23-12-15-10-16(13-23)19(25)17(11-15)14-23/h5-9,15-17H,4,10-14H2,1-3H3. The van der Waals surface area contributed by atoms with Gasteiger partial charge in [0.05, 0.1) is 0 Å². The first kappa shape index (κ1) is 20.8. The normalized spacial score (nSPS) is 30.8. The second-order valence-electron chi connectivity index (χ2n) is 9.51. The Labute approximate surface area is 180 Å². The molecule has 29 heavy (non-hydrogen) atoms. The van der Waals surface area contributed by atoms with Crippen LogP contribution in [-0.4, -0.2) is 17.7 Å². The predicted octanol–water partition coefficient (Wildman–Crippen LogP) is 5.11. The van der Waals surface area contributed by atoms with Crippen molar-refractivity contribution in [3.8, 4) is 0 Å². The summed E-state index contributed by atoms with van der Waals surface area (Å²) < 4.78 is 12.7. The molecule has 0 amide bonds. The van der Waals surface area contributed by atoms with Crippen molar-refractivity contribution in [3.63, 3.8) is 0 Å². The van der Waals surface area contributed by atoms with Crippen molar-refractivity contribution in [2.24, 2.45) is 28.6 Å². The van der Waals surface area contributed by atoms with Crippen LogP contribution in [0.2, 0.25) is 0 Å². The predicted molar refractivity (Wildman–Crippen MR) is 116 cm³/mol. The van der Waals surface area contributed by atoms with E-state index in [4.69, 9.17) is 6.13 Å². The van der Waals surface area contributed by atoms with Gasteiger partial charge in [0.25, 0.3) is 0 Å². The molecule has 0 saturated heterocycles. The average Bonchev–Trinajstić information content (AvgIpc) is 2.71. The summed E-state index contributed by atoms with van der Waals surface area (Å²) in [7, 11) is 0. The van der Waals surface area contributed by atoms with Gasteiger partial charge in [-0.25, -0.2) is 0 Å². The zero-order valence-corrected chi connectivity index (χ0v) is 19.4. The van der Waals surface area contributed by atoms with Crippen molar-refractivity contribution in [2.75, 3.05) is 0 Å². The van der Waals surface area contributed by atoms with Crippen molar-refractivity contribution >= 4 is 38.4 Å². The number of carbonyl (C=O) groups is 3. The molecular formula is C23H29IO5. The third-order valence-corrected chi connectivity index (χ3v) is 10.4. The molecule has 6 heteroatoms. The summed E-state index contributed by atoms with van der Waals surface area (Å²) in [5.41, 5.74) is -1.19. The summed E-state index contributed by atoms with van der Waals surface area (Å²) in [4.78, 5) is 38.6. The quantitative estimate of drug-likeness (QED) is 0.496. The van der Waals surface area contributed by atoms with Crippen LogP contribution in [0.4, 0.5) is 0 Å². The second kappa shape index (κ2) is 7.67. The number of hydrogen-bond acceptors (Lipinski definition) is 5. The van der Waals surface area contributed by atoms with Crippen LogP contribution in [0.15, 0.2) is 30.3 Å². The summed E-state index contributed by atoms with van der Waals surface area (Å²) in [6.45, 7) is 5.64. The van der Waals surface area contributed by atoms with Gasteiger partial charge in [-0.3, -0.25) is 0 Å². The van der Waals surface area contributed by atoms with Gasteiger partial charge in [0.15, 0.2) is 0 Å². The molecule has 0 heterocycles. The summed E-state index contributed by atoms with van der Waals surface area (Å²) in [6, 6.07) is 9.37. The summed E-state index contributed by atoms with van der Waals surface area (Å²) in [6.07, 6.45) is 4.50. The third kappa shape index (κ3) is 3.84. The molecule has 4 aliphatic carbocycles. The fourth-order valence-corrected chi connectivity index (χ4v) is 8.47. The van der Waals surface area contributed by atoms with E-state index < -0.39 is 31.5 Å². The van der Waals surface area contributed by atoms with E-state index in [0.29, 0.717) is 31.0 Å². The first-order valence-electron chi connectivity index (χ1n) is 10.5. The van der Waals surface area contributed by atoms with Crippen molar-refractivity contribution in [1.82, 2.24) is 0 Å². The number of rotatable bonds is 6. The second-order valence-corrected chi connectivity index (χ2v) is 12.9. The maximum atomic E-state index is 13.4. The van der Waals surface area contributed by atoms with Gasteiger partial charge in [0, 0.05) is 0 Å². The first-order valence-corrected chi connectivity index (χ1v) is 13.3. The monoisotopic (exact) mass is 512 g/mol. The van der Waals surface area contributed by atoms with Gasteiger partial charge in [-0.1, -0.05) is 0 Å². The molecular weight excluding hydrogens is 483 g/mol. The van der Waals surface area contributed by atoms with E-state index in [9.17, 15) is 14.4 Å². The number of benzene rings is 1. The minimum atomic E-state index is -2.97. The van der Waals surface area contributed by atoms with Gasteiger partial charge in [0.2, 0.25) is 0 Å². The number of ketones is 1. The fraction of sp³-hybridized carbons (Fsp3) is 0.609. The van der Waals surface area contributed by atoms with E-state index in [2.05, 4.69) is 0 Å². The molecule has 1 aromatic rings. The van der Waals surface area contributed by atoms with E-state index in [0.717, 1.165) is 22.8 Å². The van der Waals surface area contributed by atoms with Crippen molar-refractivity contribution in [2.45, 2.75) is 59.3 Å². The molecule has 5 nitrogen and oxygen atoms in total. The van der Waals surface area contributed by atoms with E-state index in [1.165, 1.54) is 0 Å². The Morgan fingerprint density at radius 3 is 2.28 bits per heavy atom. The molecule has 1 aromatic carbocycles. The van der Waals surface area contributed by atoms with Crippen LogP contribution in [0.5, 0.6) is 0 Å². The van der Waals surface area contributed by atoms with Crippen LogP contribution < -0.4 is 0 Å². The number of halogens is 1. The van der Waals surface area contributed by atoms with Gasteiger partial charge >= 0.3 is 181 Å². The summed E-state index contributed by atoms with van der Waals surface area (Å²) in [5, 5.41) is 0. The number of Topliss-reactive ketones (excluding diaryl/α,β-unsaturated/α-hetero) is 1. The molecule has 4 fully saturated rings. The Balaban J connectivity index is 1.56. The molecule has 2 atom stereocenters. The van der Waals surface area contributed by atoms with E-state index in [-0.39, 0.29) is 23.8 Å². The van der Waals surface area contributed by atoms with Crippen molar-refractivity contribution in [1.29, 1.82) is 0 Å². The van der Waals surface area contributed by atoms with Gasteiger partial charge in [-0.05, 0) is 0 Å².